The lowest BCUT2D eigenvalue weighted by Crippen LogP contribution is -2.14. The molecule has 0 aliphatic carbocycles. The van der Waals surface area contributed by atoms with Gasteiger partial charge in [0, 0.05) is 30.4 Å². The van der Waals surface area contributed by atoms with Crippen LogP contribution in [0.25, 0.3) is 0 Å². The molecule has 96 valence electrons. The van der Waals surface area contributed by atoms with Crippen molar-refractivity contribution in [2.24, 2.45) is 0 Å². The first-order chi connectivity index (χ1) is 8.33. The summed E-state index contributed by atoms with van der Waals surface area (Å²) in [6.45, 7) is 6.80. The van der Waals surface area contributed by atoms with Crippen molar-refractivity contribution in [3.63, 3.8) is 0 Å². The number of nitrogens with zero attached hydrogens (tertiary/aromatic N) is 2. The van der Waals surface area contributed by atoms with Gasteiger partial charge in [0.05, 0.1) is 6.33 Å². The maximum atomic E-state index is 4.34. The molecule has 2 heterocycles. The number of hydrogen-bond donors (Lipinski definition) is 1. The maximum Gasteiger partial charge on any atom is 0.0950 e. The summed E-state index contributed by atoms with van der Waals surface area (Å²) in [6.07, 6.45) is 6.56. The molecule has 0 spiro atoms. The average molecular weight is 253 g/mol. The van der Waals surface area contributed by atoms with E-state index < -0.39 is 0 Å². The second kappa shape index (κ2) is 6.45. The van der Waals surface area contributed by atoms with Gasteiger partial charge in [0.2, 0.25) is 0 Å². The summed E-state index contributed by atoms with van der Waals surface area (Å²) < 4.78 is 2.38. The molecule has 2 atom stereocenters. The molecule has 1 N–H and O–H groups in total. The number of thioether (sulfide) groups is 1. The third kappa shape index (κ3) is 3.26. The maximum absolute atomic E-state index is 4.34. The predicted octanol–water partition coefficient (Wildman–Crippen LogP) is 2.66. The third-order valence-electron chi connectivity index (χ3n) is 3.53. The highest BCUT2D eigenvalue weighted by atomic mass is 32.2. The van der Waals surface area contributed by atoms with E-state index in [1.807, 2.05) is 18.1 Å². The number of hydrogen-bond acceptors (Lipinski definition) is 3. The first-order valence-corrected chi connectivity index (χ1v) is 7.78. The van der Waals surface area contributed by atoms with Crippen molar-refractivity contribution in [2.45, 2.75) is 38.6 Å². The van der Waals surface area contributed by atoms with Gasteiger partial charge < -0.3 is 9.88 Å². The summed E-state index contributed by atoms with van der Waals surface area (Å²) >= 11 is 2.03. The Morgan fingerprint density at radius 3 is 3.24 bits per heavy atom. The Labute approximate surface area is 108 Å². The summed E-state index contributed by atoms with van der Waals surface area (Å²) in [5.41, 5.74) is 1.42. The van der Waals surface area contributed by atoms with E-state index in [2.05, 4.69) is 34.9 Å². The number of rotatable bonds is 6. The van der Waals surface area contributed by atoms with E-state index in [1.54, 1.807) is 0 Å². The van der Waals surface area contributed by atoms with Gasteiger partial charge in [0.25, 0.3) is 0 Å². The lowest BCUT2D eigenvalue weighted by Gasteiger charge is -2.19. The fraction of sp³-hybridized carbons (Fsp3) is 0.769. The van der Waals surface area contributed by atoms with Crippen LogP contribution in [0.3, 0.4) is 0 Å². The molecule has 0 radical (unpaired) electrons. The third-order valence-corrected chi connectivity index (χ3v) is 4.47. The summed E-state index contributed by atoms with van der Waals surface area (Å²) in [5.74, 6) is 3.13. The summed E-state index contributed by atoms with van der Waals surface area (Å²) in [5, 5.41) is 3.43. The Kier molecular flexibility index (Phi) is 4.92. The SMILES string of the molecule is CCSCCC(C)n1cncc1C1CCNC1. The van der Waals surface area contributed by atoms with Crippen LogP contribution in [0.5, 0.6) is 0 Å². The van der Waals surface area contributed by atoms with E-state index in [4.69, 9.17) is 0 Å². The van der Waals surface area contributed by atoms with Gasteiger partial charge >= 0.3 is 0 Å². The van der Waals surface area contributed by atoms with E-state index >= 15 is 0 Å². The molecule has 0 saturated carbocycles. The molecule has 0 aromatic carbocycles. The lowest BCUT2D eigenvalue weighted by atomic mass is 10.0. The van der Waals surface area contributed by atoms with E-state index in [0.717, 1.165) is 13.1 Å². The van der Waals surface area contributed by atoms with Gasteiger partial charge in [-0.2, -0.15) is 11.8 Å². The van der Waals surface area contributed by atoms with Gasteiger partial charge in [-0.3, -0.25) is 0 Å². The standard InChI is InChI=1S/C13H23N3S/c1-3-17-7-5-11(2)16-10-15-9-13(16)12-4-6-14-8-12/h9-12,14H,3-8H2,1-2H3. The second-order valence-corrected chi connectivity index (χ2v) is 6.14. The summed E-state index contributed by atoms with van der Waals surface area (Å²) in [7, 11) is 0. The summed E-state index contributed by atoms with van der Waals surface area (Å²) in [4.78, 5) is 4.34. The van der Waals surface area contributed by atoms with Crippen LogP contribution >= 0.6 is 11.8 Å². The number of nitrogens with one attached hydrogen (secondary N) is 1. The lowest BCUT2D eigenvalue weighted by molar-refractivity contribution is 0.499. The normalized spacial score (nSPS) is 21.9. The Hall–Kier alpha value is -0.480. The number of aromatic nitrogens is 2. The average Bonchev–Trinajstić information content (AvgIpc) is 2.99. The molecule has 1 saturated heterocycles. The van der Waals surface area contributed by atoms with Crippen molar-refractivity contribution in [2.75, 3.05) is 24.6 Å². The topological polar surface area (TPSA) is 29.9 Å². The minimum atomic E-state index is 0.576. The molecule has 0 bridgehead atoms. The monoisotopic (exact) mass is 253 g/mol. The minimum Gasteiger partial charge on any atom is -0.331 e. The van der Waals surface area contributed by atoms with E-state index in [9.17, 15) is 0 Å². The van der Waals surface area contributed by atoms with Crippen LogP contribution in [0.1, 0.15) is 44.3 Å². The van der Waals surface area contributed by atoms with Crippen LogP contribution in [-0.4, -0.2) is 34.1 Å². The molecule has 17 heavy (non-hydrogen) atoms. The highest BCUT2D eigenvalue weighted by Crippen LogP contribution is 2.26. The number of imidazole rings is 1. The van der Waals surface area contributed by atoms with Crippen LogP contribution in [0.4, 0.5) is 0 Å². The Bertz CT molecular complexity index is 331. The van der Waals surface area contributed by atoms with Gasteiger partial charge in [-0.05, 0) is 37.8 Å². The highest BCUT2D eigenvalue weighted by Gasteiger charge is 2.21. The molecular weight excluding hydrogens is 230 g/mol. The molecule has 1 fully saturated rings. The van der Waals surface area contributed by atoms with Crippen molar-refractivity contribution in [3.05, 3.63) is 18.2 Å². The van der Waals surface area contributed by atoms with Crippen LogP contribution in [-0.2, 0) is 0 Å². The quantitative estimate of drug-likeness (QED) is 0.791. The molecule has 2 rings (SSSR count). The molecule has 0 amide bonds. The molecule has 4 heteroatoms. The van der Waals surface area contributed by atoms with Crippen molar-refractivity contribution >= 4 is 11.8 Å². The highest BCUT2D eigenvalue weighted by molar-refractivity contribution is 7.99. The van der Waals surface area contributed by atoms with E-state index in [1.165, 1.54) is 30.0 Å². The van der Waals surface area contributed by atoms with Crippen molar-refractivity contribution in [3.8, 4) is 0 Å². The molecule has 2 unspecified atom stereocenters. The second-order valence-electron chi connectivity index (χ2n) is 4.75. The van der Waals surface area contributed by atoms with Gasteiger partial charge in [-0.1, -0.05) is 6.92 Å². The molecule has 1 aliphatic rings. The van der Waals surface area contributed by atoms with Gasteiger partial charge in [-0.15, -0.1) is 0 Å². The van der Waals surface area contributed by atoms with Gasteiger partial charge in [0.15, 0.2) is 0 Å². The molecular formula is C13H23N3S. The van der Waals surface area contributed by atoms with Crippen LogP contribution in [0, 0.1) is 0 Å². The first-order valence-electron chi connectivity index (χ1n) is 6.63. The molecule has 1 aliphatic heterocycles. The van der Waals surface area contributed by atoms with Gasteiger partial charge in [-0.25, -0.2) is 4.98 Å². The Balaban J connectivity index is 1.97. The van der Waals surface area contributed by atoms with Crippen LogP contribution in [0.15, 0.2) is 12.5 Å². The fourth-order valence-electron chi connectivity index (χ4n) is 2.44. The largest absolute Gasteiger partial charge is 0.331 e. The molecule has 3 nitrogen and oxygen atoms in total. The molecule has 1 aromatic heterocycles. The fourth-order valence-corrected chi connectivity index (χ4v) is 3.24. The van der Waals surface area contributed by atoms with Gasteiger partial charge in [0.1, 0.15) is 0 Å². The molecule has 1 aromatic rings. The van der Waals surface area contributed by atoms with E-state index in [-0.39, 0.29) is 0 Å². The van der Waals surface area contributed by atoms with E-state index in [0.29, 0.717) is 12.0 Å². The van der Waals surface area contributed by atoms with Crippen molar-refractivity contribution in [1.82, 2.24) is 14.9 Å². The predicted molar refractivity (Wildman–Crippen MR) is 74.8 cm³/mol. The zero-order chi connectivity index (χ0) is 12.1. The minimum absolute atomic E-state index is 0.576. The van der Waals surface area contributed by atoms with Crippen LogP contribution < -0.4 is 5.32 Å². The summed E-state index contributed by atoms with van der Waals surface area (Å²) in [6, 6.07) is 0.576. The van der Waals surface area contributed by atoms with Crippen LogP contribution in [0.2, 0.25) is 0 Å². The Morgan fingerprint density at radius 1 is 1.65 bits per heavy atom. The smallest absolute Gasteiger partial charge is 0.0950 e. The zero-order valence-electron chi connectivity index (χ0n) is 10.9. The van der Waals surface area contributed by atoms with Crippen molar-refractivity contribution in [1.29, 1.82) is 0 Å². The zero-order valence-corrected chi connectivity index (χ0v) is 11.7. The van der Waals surface area contributed by atoms with Crippen molar-refractivity contribution < 1.29 is 0 Å². The Morgan fingerprint density at radius 2 is 2.53 bits per heavy atom. The first kappa shape index (κ1) is 13.0.